The number of carbonyl (C=O) groups is 1. The third kappa shape index (κ3) is 2.97. The molecule has 136 valence electrons. The highest BCUT2D eigenvalue weighted by Gasteiger charge is 2.28. The monoisotopic (exact) mass is 360 g/mol. The Balaban J connectivity index is 1.41. The molecule has 6 heteroatoms. The van der Waals surface area contributed by atoms with Gasteiger partial charge in [0.1, 0.15) is 5.82 Å². The summed E-state index contributed by atoms with van der Waals surface area (Å²) >= 11 is 0. The van der Waals surface area contributed by atoms with E-state index >= 15 is 0 Å². The van der Waals surface area contributed by atoms with Gasteiger partial charge in [0.15, 0.2) is 0 Å². The van der Waals surface area contributed by atoms with E-state index < -0.39 is 0 Å². The Labute approximate surface area is 156 Å². The number of carbonyl (C=O) groups excluding carboxylic acids is 1. The largest absolute Gasteiger partial charge is 0.345 e. The first kappa shape index (κ1) is 16.1. The molecule has 1 saturated carbocycles. The predicted octanol–water partition coefficient (Wildman–Crippen LogP) is 2.77. The fourth-order valence-electron chi connectivity index (χ4n) is 3.76. The molecule has 1 aromatic carbocycles. The third-order valence-electron chi connectivity index (χ3n) is 5.38. The van der Waals surface area contributed by atoms with Crippen LogP contribution in [0.25, 0.3) is 11.4 Å². The molecule has 1 fully saturated rings. The molecule has 0 unspecified atom stereocenters. The first-order chi connectivity index (χ1) is 13.2. The van der Waals surface area contributed by atoms with Gasteiger partial charge in [-0.2, -0.15) is 0 Å². The summed E-state index contributed by atoms with van der Waals surface area (Å²) in [6, 6.07) is 9.65. The maximum absolute atomic E-state index is 13.1. The molecule has 0 bridgehead atoms. The van der Waals surface area contributed by atoms with Crippen molar-refractivity contribution in [3.05, 3.63) is 76.0 Å². The average Bonchev–Trinajstić information content (AvgIpc) is 3.39. The highest BCUT2D eigenvalue weighted by Crippen LogP contribution is 2.34. The van der Waals surface area contributed by atoms with Crippen LogP contribution in [-0.4, -0.2) is 31.9 Å². The Bertz CT molecular complexity index is 1060. The molecular weight excluding hydrogens is 340 g/mol. The summed E-state index contributed by atoms with van der Waals surface area (Å²) in [7, 11) is 0. The molecule has 3 aromatic rings. The predicted molar refractivity (Wildman–Crippen MR) is 101 cm³/mol. The summed E-state index contributed by atoms with van der Waals surface area (Å²) in [4.78, 5) is 34.5. The Morgan fingerprint density at radius 3 is 2.85 bits per heavy atom. The lowest BCUT2D eigenvalue weighted by Gasteiger charge is -2.29. The van der Waals surface area contributed by atoms with E-state index in [-0.39, 0.29) is 11.5 Å². The molecule has 6 nitrogen and oxygen atoms in total. The second kappa shape index (κ2) is 6.23. The van der Waals surface area contributed by atoms with Crippen LogP contribution in [0.2, 0.25) is 0 Å². The molecule has 2 aliphatic rings. The lowest BCUT2D eigenvalue weighted by molar-refractivity contribution is 0.0734. The van der Waals surface area contributed by atoms with Gasteiger partial charge < -0.3 is 14.5 Å². The molecule has 27 heavy (non-hydrogen) atoms. The smallest absolute Gasteiger partial charge is 0.254 e. The van der Waals surface area contributed by atoms with Gasteiger partial charge >= 0.3 is 0 Å². The van der Waals surface area contributed by atoms with Gasteiger partial charge in [-0.15, -0.1) is 0 Å². The number of nitrogens with zero attached hydrogens (tertiary/aromatic N) is 3. The van der Waals surface area contributed by atoms with Crippen LogP contribution in [0.3, 0.4) is 0 Å². The van der Waals surface area contributed by atoms with Gasteiger partial charge in [0, 0.05) is 54.9 Å². The number of pyridine rings is 1. The zero-order valence-electron chi connectivity index (χ0n) is 14.9. The van der Waals surface area contributed by atoms with Crippen molar-refractivity contribution in [3.63, 3.8) is 0 Å². The van der Waals surface area contributed by atoms with Crippen LogP contribution >= 0.6 is 0 Å². The second-order valence-corrected chi connectivity index (χ2v) is 7.30. The molecule has 1 amide bonds. The zero-order chi connectivity index (χ0) is 18.4. The van der Waals surface area contributed by atoms with Gasteiger partial charge in [-0.05, 0) is 42.5 Å². The van der Waals surface area contributed by atoms with Crippen molar-refractivity contribution >= 4 is 5.91 Å². The summed E-state index contributed by atoms with van der Waals surface area (Å²) in [5, 5.41) is 0. The molecule has 0 radical (unpaired) electrons. The molecule has 2 aromatic heterocycles. The van der Waals surface area contributed by atoms with Gasteiger partial charge in [-0.25, -0.2) is 4.98 Å². The van der Waals surface area contributed by atoms with Crippen LogP contribution in [0, 0.1) is 0 Å². The van der Waals surface area contributed by atoms with E-state index in [1.807, 2.05) is 39.9 Å². The molecule has 1 N–H and O–H groups in total. The summed E-state index contributed by atoms with van der Waals surface area (Å²) in [5.41, 5.74) is 3.80. The summed E-state index contributed by atoms with van der Waals surface area (Å²) < 4.78 is 1.84. The fraction of sp³-hybridized carbons (Fsp3) is 0.286. The highest BCUT2D eigenvalue weighted by atomic mass is 16.2. The van der Waals surface area contributed by atoms with Crippen molar-refractivity contribution in [2.45, 2.75) is 31.8 Å². The van der Waals surface area contributed by atoms with Crippen molar-refractivity contribution in [1.29, 1.82) is 0 Å². The van der Waals surface area contributed by atoms with Gasteiger partial charge in [0.05, 0.1) is 0 Å². The van der Waals surface area contributed by atoms with E-state index in [2.05, 4.69) is 9.97 Å². The van der Waals surface area contributed by atoms with Crippen molar-refractivity contribution in [2.24, 2.45) is 0 Å². The number of hydrogen-bond acceptors (Lipinski definition) is 3. The first-order valence-electron chi connectivity index (χ1n) is 9.32. The molecule has 5 rings (SSSR count). The molecule has 0 atom stereocenters. The molecule has 0 spiro atoms. The van der Waals surface area contributed by atoms with E-state index in [9.17, 15) is 9.59 Å². The van der Waals surface area contributed by atoms with Crippen LogP contribution < -0.4 is 5.56 Å². The third-order valence-corrected chi connectivity index (χ3v) is 5.38. The molecule has 1 aliphatic carbocycles. The Hall–Kier alpha value is -3.15. The van der Waals surface area contributed by atoms with Gasteiger partial charge in [-0.3, -0.25) is 9.59 Å². The number of aromatic amines is 1. The van der Waals surface area contributed by atoms with Crippen molar-refractivity contribution in [3.8, 4) is 11.4 Å². The van der Waals surface area contributed by atoms with E-state index in [0.29, 0.717) is 24.7 Å². The summed E-state index contributed by atoms with van der Waals surface area (Å²) in [5.74, 6) is 0.764. The molecular formula is C21H20N4O2. The lowest BCUT2D eigenvalue weighted by Crippen LogP contribution is -2.37. The number of H-pyrrole nitrogens is 1. The first-order valence-corrected chi connectivity index (χ1v) is 9.32. The number of imidazole rings is 1. The summed E-state index contributed by atoms with van der Waals surface area (Å²) in [6.07, 6.45) is 8.30. The SMILES string of the molecule is O=C(c1cccc(-c2ncc[nH]2)c1)N1CCc2cc(=O)n(C3CC3)cc2C1. The van der Waals surface area contributed by atoms with E-state index in [0.717, 1.165) is 41.8 Å². The number of rotatable bonds is 3. The quantitative estimate of drug-likeness (QED) is 0.781. The molecule has 1 aliphatic heterocycles. The van der Waals surface area contributed by atoms with E-state index in [4.69, 9.17) is 0 Å². The van der Waals surface area contributed by atoms with Crippen LogP contribution in [0.15, 0.2) is 53.7 Å². The maximum Gasteiger partial charge on any atom is 0.254 e. The van der Waals surface area contributed by atoms with Crippen LogP contribution in [-0.2, 0) is 13.0 Å². The minimum Gasteiger partial charge on any atom is -0.345 e. The van der Waals surface area contributed by atoms with Gasteiger partial charge in [0.2, 0.25) is 0 Å². The number of nitrogens with one attached hydrogen (secondary N) is 1. The zero-order valence-corrected chi connectivity index (χ0v) is 14.9. The Morgan fingerprint density at radius 1 is 1.19 bits per heavy atom. The fourth-order valence-corrected chi connectivity index (χ4v) is 3.76. The van der Waals surface area contributed by atoms with Gasteiger partial charge in [0.25, 0.3) is 11.5 Å². The van der Waals surface area contributed by atoms with Crippen LogP contribution in [0.4, 0.5) is 0 Å². The minimum atomic E-state index is 0.0122. The molecule has 3 heterocycles. The number of amides is 1. The second-order valence-electron chi connectivity index (χ2n) is 7.30. The number of aromatic nitrogens is 3. The van der Waals surface area contributed by atoms with Crippen molar-refractivity contribution in [2.75, 3.05) is 6.54 Å². The topological polar surface area (TPSA) is 71.0 Å². The molecule has 0 saturated heterocycles. The average molecular weight is 360 g/mol. The Morgan fingerprint density at radius 2 is 2.07 bits per heavy atom. The van der Waals surface area contributed by atoms with E-state index in [1.165, 1.54) is 0 Å². The Kier molecular flexibility index (Phi) is 3.70. The van der Waals surface area contributed by atoms with Crippen molar-refractivity contribution < 1.29 is 4.79 Å². The van der Waals surface area contributed by atoms with E-state index in [1.54, 1.807) is 18.5 Å². The number of hydrogen-bond donors (Lipinski definition) is 1. The van der Waals surface area contributed by atoms with Crippen LogP contribution in [0.1, 0.15) is 40.4 Å². The maximum atomic E-state index is 13.1. The summed E-state index contributed by atoms with van der Waals surface area (Å²) in [6.45, 7) is 1.18. The minimum absolute atomic E-state index is 0.0122. The standard InChI is InChI=1S/C21H20N4O2/c26-19-11-14-6-9-24(12-17(14)13-25(19)18-4-5-18)21(27)16-3-1-2-15(10-16)20-22-7-8-23-20/h1-3,7-8,10-11,13,18H,4-6,9,12H2,(H,22,23). The van der Waals surface area contributed by atoms with Crippen molar-refractivity contribution in [1.82, 2.24) is 19.4 Å². The number of benzene rings is 1. The number of fused-ring (bicyclic) bond motifs is 1. The van der Waals surface area contributed by atoms with Crippen LogP contribution in [0.5, 0.6) is 0 Å². The normalized spacial score (nSPS) is 16.2. The lowest BCUT2D eigenvalue weighted by atomic mass is 10.0. The van der Waals surface area contributed by atoms with Gasteiger partial charge in [-0.1, -0.05) is 12.1 Å². The highest BCUT2D eigenvalue weighted by molar-refractivity contribution is 5.95.